The average molecular weight is 180 g/mol. The van der Waals surface area contributed by atoms with Crippen molar-refractivity contribution in [2.75, 3.05) is 0 Å². The Morgan fingerprint density at radius 3 is 2.46 bits per heavy atom. The molecule has 2 aliphatic rings. The summed E-state index contributed by atoms with van der Waals surface area (Å²) in [5.41, 5.74) is 0.663. The van der Waals surface area contributed by atoms with E-state index in [1.165, 1.54) is 32.1 Å². The van der Waals surface area contributed by atoms with Gasteiger partial charge in [0, 0.05) is 12.0 Å². The molecule has 0 N–H and O–H groups in total. The van der Waals surface area contributed by atoms with Gasteiger partial charge in [-0.3, -0.25) is 0 Å². The van der Waals surface area contributed by atoms with Gasteiger partial charge in [0.25, 0.3) is 0 Å². The summed E-state index contributed by atoms with van der Waals surface area (Å²) in [6, 6.07) is 0. The van der Waals surface area contributed by atoms with Crippen LogP contribution in [-0.4, -0.2) is 12.1 Å². The molecule has 0 radical (unpaired) electrons. The molecule has 0 amide bonds. The van der Waals surface area contributed by atoms with Crippen molar-refractivity contribution in [3.8, 4) is 0 Å². The molecule has 2 fully saturated rings. The summed E-state index contributed by atoms with van der Waals surface area (Å²) < 4.78 is 5.27. The van der Waals surface area contributed by atoms with Crippen molar-refractivity contribution < 1.29 is 9.53 Å². The highest BCUT2D eigenvalue weighted by molar-refractivity contribution is 5.89. The van der Waals surface area contributed by atoms with Crippen LogP contribution in [0.3, 0.4) is 0 Å². The highest BCUT2D eigenvalue weighted by atomic mass is 16.5. The van der Waals surface area contributed by atoms with Gasteiger partial charge in [0.15, 0.2) is 0 Å². The Kier molecular flexibility index (Phi) is 2.38. The van der Waals surface area contributed by atoms with Gasteiger partial charge in [-0.15, -0.1) is 0 Å². The van der Waals surface area contributed by atoms with Crippen molar-refractivity contribution in [2.24, 2.45) is 5.92 Å². The minimum Gasteiger partial charge on any atom is -0.458 e. The fourth-order valence-corrected chi connectivity index (χ4v) is 2.36. The number of carbonyl (C=O) groups is 1. The molecule has 2 nitrogen and oxygen atoms in total. The number of hydrogen-bond acceptors (Lipinski definition) is 2. The number of carbonyl (C=O) groups excluding carboxylic acids is 1. The van der Waals surface area contributed by atoms with E-state index >= 15 is 0 Å². The highest BCUT2D eigenvalue weighted by Crippen LogP contribution is 2.34. The van der Waals surface area contributed by atoms with Crippen LogP contribution in [0.1, 0.15) is 38.5 Å². The maximum atomic E-state index is 11.1. The lowest BCUT2D eigenvalue weighted by Crippen LogP contribution is -2.22. The zero-order valence-corrected chi connectivity index (χ0v) is 7.92. The zero-order valence-electron chi connectivity index (χ0n) is 7.92. The third kappa shape index (κ3) is 1.77. The van der Waals surface area contributed by atoms with Gasteiger partial charge >= 0.3 is 5.97 Å². The molecule has 0 unspecified atom stereocenters. The second kappa shape index (κ2) is 3.52. The number of ether oxygens (including phenoxy) is 1. The zero-order chi connectivity index (χ0) is 9.26. The second-order valence-electron chi connectivity index (χ2n) is 4.15. The van der Waals surface area contributed by atoms with Crippen LogP contribution in [0.5, 0.6) is 0 Å². The molecule has 2 rings (SSSR count). The average Bonchev–Trinajstić information content (AvgIpc) is 2.49. The van der Waals surface area contributed by atoms with Crippen molar-refractivity contribution >= 4 is 5.97 Å². The Balaban J connectivity index is 1.94. The molecular weight excluding hydrogens is 164 g/mol. The van der Waals surface area contributed by atoms with Crippen molar-refractivity contribution in [3.63, 3.8) is 0 Å². The third-order valence-electron chi connectivity index (χ3n) is 3.17. The molecule has 1 saturated carbocycles. The monoisotopic (exact) mass is 180 g/mol. The van der Waals surface area contributed by atoms with E-state index in [0.29, 0.717) is 11.5 Å². The van der Waals surface area contributed by atoms with Crippen LogP contribution in [0.25, 0.3) is 0 Å². The van der Waals surface area contributed by atoms with E-state index in [-0.39, 0.29) is 12.1 Å². The summed E-state index contributed by atoms with van der Waals surface area (Å²) in [5.74, 6) is 0.438. The molecule has 1 heterocycles. The first-order chi connectivity index (χ1) is 6.27. The van der Waals surface area contributed by atoms with Gasteiger partial charge < -0.3 is 4.74 Å². The van der Waals surface area contributed by atoms with Crippen molar-refractivity contribution in [3.05, 3.63) is 12.2 Å². The Hall–Kier alpha value is -0.790. The minimum atomic E-state index is -0.171. The van der Waals surface area contributed by atoms with Crippen LogP contribution in [0.4, 0.5) is 0 Å². The molecule has 72 valence electrons. The molecular formula is C11H16O2. The van der Waals surface area contributed by atoms with E-state index in [0.717, 1.165) is 6.42 Å². The van der Waals surface area contributed by atoms with E-state index < -0.39 is 0 Å². The summed E-state index contributed by atoms with van der Waals surface area (Å²) in [6.45, 7) is 3.71. The first kappa shape index (κ1) is 8.79. The molecule has 1 atom stereocenters. The van der Waals surface area contributed by atoms with Crippen LogP contribution >= 0.6 is 0 Å². The Bertz CT molecular complexity index is 210. The maximum absolute atomic E-state index is 11.1. The van der Waals surface area contributed by atoms with E-state index in [1.807, 2.05) is 0 Å². The molecule has 0 spiro atoms. The fourth-order valence-electron chi connectivity index (χ4n) is 2.36. The number of rotatable bonds is 1. The van der Waals surface area contributed by atoms with E-state index in [9.17, 15) is 4.79 Å². The molecule has 1 saturated heterocycles. The topological polar surface area (TPSA) is 26.3 Å². The molecule has 0 bridgehead atoms. The van der Waals surface area contributed by atoms with Gasteiger partial charge in [-0.1, -0.05) is 25.8 Å². The van der Waals surface area contributed by atoms with Crippen molar-refractivity contribution in [1.29, 1.82) is 0 Å². The Morgan fingerprint density at radius 1 is 1.23 bits per heavy atom. The third-order valence-corrected chi connectivity index (χ3v) is 3.17. The normalized spacial score (nSPS) is 30.6. The van der Waals surface area contributed by atoms with E-state index in [2.05, 4.69) is 6.58 Å². The van der Waals surface area contributed by atoms with E-state index in [1.54, 1.807) is 0 Å². The predicted molar refractivity (Wildman–Crippen MR) is 50.2 cm³/mol. The van der Waals surface area contributed by atoms with E-state index in [4.69, 9.17) is 4.74 Å². The Labute approximate surface area is 79.0 Å². The summed E-state index contributed by atoms with van der Waals surface area (Å²) in [6.07, 6.45) is 7.31. The first-order valence-electron chi connectivity index (χ1n) is 5.16. The first-order valence-corrected chi connectivity index (χ1v) is 5.16. The predicted octanol–water partition coefficient (Wildman–Crippen LogP) is 2.44. The minimum absolute atomic E-state index is 0.153. The van der Waals surface area contributed by atoms with Crippen LogP contribution in [-0.2, 0) is 9.53 Å². The van der Waals surface area contributed by atoms with Gasteiger partial charge in [0.1, 0.15) is 6.10 Å². The number of hydrogen-bond donors (Lipinski definition) is 0. The maximum Gasteiger partial charge on any atom is 0.333 e. The summed E-state index contributed by atoms with van der Waals surface area (Å²) in [4.78, 5) is 11.1. The molecule has 0 aromatic rings. The quantitative estimate of drug-likeness (QED) is 0.457. The summed E-state index contributed by atoms with van der Waals surface area (Å²) >= 11 is 0. The van der Waals surface area contributed by atoms with Gasteiger partial charge in [-0.25, -0.2) is 4.79 Å². The summed E-state index contributed by atoms with van der Waals surface area (Å²) in [5, 5.41) is 0. The van der Waals surface area contributed by atoms with Crippen LogP contribution in [0.2, 0.25) is 0 Å². The number of cyclic esters (lactones) is 1. The number of esters is 1. The van der Waals surface area contributed by atoms with Crippen LogP contribution < -0.4 is 0 Å². The molecule has 1 aliphatic carbocycles. The molecule has 0 aromatic carbocycles. The van der Waals surface area contributed by atoms with Crippen molar-refractivity contribution in [2.45, 2.75) is 44.6 Å². The van der Waals surface area contributed by atoms with Crippen molar-refractivity contribution in [1.82, 2.24) is 0 Å². The van der Waals surface area contributed by atoms with Gasteiger partial charge in [0.05, 0.1) is 0 Å². The lowest BCUT2D eigenvalue weighted by Gasteiger charge is -2.25. The fraction of sp³-hybridized carbons (Fsp3) is 0.727. The highest BCUT2D eigenvalue weighted by Gasteiger charge is 2.33. The molecule has 1 aliphatic heterocycles. The molecule has 2 heteroatoms. The second-order valence-corrected chi connectivity index (χ2v) is 4.15. The van der Waals surface area contributed by atoms with Crippen LogP contribution in [0.15, 0.2) is 12.2 Å². The summed E-state index contributed by atoms with van der Waals surface area (Å²) in [7, 11) is 0. The lowest BCUT2D eigenvalue weighted by atomic mass is 9.84. The SMILES string of the molecule is C=C1C[C@@H](C2CCCCC2)OC1=O. The lowest BCUT2D eigenvalue weighted by molar-refractivity contribution is -0.141. The van der Waals surface area contributed by atoms with Gasteiger partial charge in [-0.2, -0.15) is 0 Å². The van der Waals surface area contributed by atoms with Gasteiger partial charge in [0.2, 0.25) is 0 Å². The van der Waals surface area contributed by atoms with Gasteiger partial charge in [-0.05, 0) is 18.8 Å². The standard InChI is InChI=1S/C11H16O2/c1-8-7-10(13-11(8)12)9-5-3-2-4-6-9/h9-10H,1-7H2/t10-/m0/s1. The Morgan fingerprint density at radius 2 is 1.92 bits per heavy atom. The molecule has 13 heavy (non-hydrogen) atoms. The smallest absolute Gasteiger partial charge is 0.333 e. The largest absolute Gasteiger partial charge is 0.458 e. The molecule has 0 aromatic heterocycles. The van der Waals surface area contributed by atoms with Crippen LogP contribution in [0, 0.1) is 5.92 Å².